The number of halogens is 3. The van der Waals surface area contributed by atoms with Gasteiger partial charge >= 0.3 is 12.3 Å². The lowest BCUT2D eigenvalue weighted by atomic mass is 9.95. The summed E-state index contributed by atoms with van der Waals surface area (Å²) in [6, 6.07) is 6.30. The molecule has 3 aromatic rings. The molecule has 1 fully saturated rings. The van der Waals surface area contributed by atoms with E-state index in [0.717, 1.165) is 45.5 Å². The molecule has 3 aliphatic rings. The van der Waals surface area contributed by atoms with Gasteiger partial charge in [0, 0.05) is 38.7 Å². The number of benzene rings is 1. The number of amides is 3. The third-order valence-corrected chi connectivity index (χ3v) is 8.93. The predicted molar refractivity (Wildman–Crippen MR) is 168 cm³/mol. The molecule has 0 saturated carbocycles. The zero-order valence-corrected chi connectivity index (χ0v) is 27.5. The van der Waals surface area contributed by atoms with Crippen molar-refractivity contribution in [1.82, 2.24) is 19.4 Å². The molecule has 2 atom stereocenters. The molecule has 3 aliphatic heterocycles. The minimum absolute atomic E-state index is 0.0408. The van der Waals surface area contributed by atoms with E-state index in [4.69, 9.17) is 9.72 Å². The molecule has 14 heteroatoms. The number of hydrogen-bond acceptors (Lipinski definition) is 7. The van der Waals surface area contributed by atoms with E-state index in [1.807, 2.05) is 57.5 Å². The Bertz CT molecular complexity index is 1780. The fourth-order valence-corrected chi connectivity index (χ4v) is 6.80. The van der Waals surface area contributed by atoms with Crippen LogP contribution >= 0.6 is 0 Å². The summed E-state index contributed by atoms with van der Waals surface area (Å²) in [6.45, 7) is 10.1. The summed E-state index contributed by atoms with van der Waals surface area (Å²) < 4.78 is 48.8. The highest BCUT2D eigenvalue weighted by molar-refractivity contribution is 6.10. The molecule has 0 bridgehead atoms. The van der Waals surface area contributed by atoms with Gasteiger partial charge in [0.2, 0.25) is 11.8 Å². The minimum Gasteiger partial charge on any atom is -0.444 e. The van der Waals surface area contributed by atoms with Gasteiger partial charge < -0.3 is 19.1 Å². The van der Waals surface area contributed by atoms with E-state index in [1.54, 1.807) is 11.9 Å². The smallest absolute Gasteiger partial charge is 0.416 e. The predicted octanol–water partition coefficient (Wildman–Crippen LogP) is 5.11. The molecule has 250 valence electrons. The number of pyridine rings is 1. The minimum atomic E-state index is -4.65. The lowest BCUT2D eigenvalue weighted by molar-refractivity contribution is -0.137. The summed E-state index contributed by atoms with van der Waals surface area (Å²) >= 11 is 0. The normalized spacial score (nSPS) is 19.9. The number of carbonyl (C=O) groups is 3. The van der Waals surface area contributed by atoms with Crippen molar-refractivity contribution in [1.29, 1.82) is 0 Å². The van der Waals surface area contributed by atoms with E-state index in [2.05, 4.69) is 9.88 Å². The van der Waals surface area contributed by atoms with Crippen molar-refractivity contribution in [2.45, 2.75) is 78.5 Å². The molecule has 0 spiro atoms. The highest BCUT2D eigenvalue weighted by Gasteiger charge is 2.49. The molecule has 2 aromatic heterocycles. The second kappa shape index (κ2) is 11.3. The number of ether oxygens (including phenoxy) is 1. The van der Waals surface area contributed by atoms with Crippen molar-refractivity contribution in [3.05, 3.63) is 64.4 Å². The van der Waals surface area contributed by atoms with Crippen LogP contribution in [0.1, 0.15) is 61.2 Å². The monoisotopic (exact) mass is 653 g/mol. The summed E-state index contributed by atoms with van der Waals surface area (Å²) in [6.07, 6.45) is -5.10. The van der Waals surface area contributed by atoms with Crippen LogP contribution in [-0.2, 0) is 47.2 Å². The largest absolute Gasteiger partial charge is 0.444 e. The van der Waals surface area contributed by atoms with Gasteiger partial charge in [-0.15, -0.1) is 0 Å². The first kappa shape index (κ1) is 32.3. The van der Waals surface area contributed by atoms with Crippen LogP contribution in [0.15, 0.2) is 30.3 Å². The second-order valence-electron chi connectivity index (χ2n) is 13.6. The Morgan fingerprint density at radius 1 is 1.04 bits per heavy atom. The number of likely N-dealkylation sites (N-methyl/N-ethyl adjacent to an activating group) is 1. The first-order valence-electron chi connectivity index (χ1n) is 15.4. The van der Waals surface area contributed by atoms with Crippen LogP contribution in [0.25, 0.3) is 0 Å². The number of para-hydroxylation sites is 1. The standard InChI is InChI=1S/C33H38F3N7O4/c1-18-9-8-10-23-28(18)41(17-26-38-22-15-42(16-24(22)39(26)6)31(46)47-32(3,4)5)14-20-12-27(44)43(29(20)30(45)40(23)7)25-13-21(33(34,35)36)11-19(2)37-25/h8-11,13,20,29H,12,14-17H2,1-7H3/t20-,29+/m1/s1. The van der Waals surface area contributed by atoms with E-state index < -0.39 is 47.2 Å². The highest BCUT2D eigenvalue weighted by atomic mass is 19.4. The third-order valence-electron chi connectivity index (χ3n) is 8.93. The first-order chi connectivity index (χ1) is 21.9. The number of anilines is 3. The van der Waals surface area contributed by atoms with Gasteiger partial charge in [-0.05, 0) is 58.4 Å². The second-order valence-corrected chi connectivity index (χ2v) is 13.6. The van der Waals surface area contributed by atoms with Gasteiger partial charge in [-0.3, -0.25) is 19.4 Å². The Morgan fingerprint density at radius 2 is 1.77 bits per heavy atom. The van der Waals surface area contributed by atoms with Crippen molar-refractivity contribution in [2.75, 3.05) is 28.3 Å². The molecule has 0 aliphatic carbocycles. The summed E-state index contributed by atoms with van der Waals surface area (Å²) in [5.74, 6) is -0.869. The molecule has 3 amide bonds. The molecule has 6 rings (SSSR count). The molecule has 47 heavy (non-hydrogen) atoms. The van der Waals surface area contributed by atoms with Gasteiger partial charge in [0.1, 0.15) is 23.3 Å². The van der Waals surface area contributed by atoms with Crippen LogP contribution in [0.4, 0.5) is 35.2 Å². The Hall–Kier alpha value is -4.62. The van der Waals surface area contributed by atoms with E-state index in [1.165, 1.54) is 11.8 Å². The fourth-order valence-electron chi connectivity index (χ4n) is 6.80. The molecular formula is C33H38F3N7O4. The number of nitrogens with zero attached hydrogens (tertiary/aromatic N) is 7. The van der Waals surface area contributed by atoms with Gasteiger partial charge in [0.05, 0.1) is 48.0 Å². The van der Waals surface area contributed by atoms with Gasteiger partial charge in [-0.25, -0.2) is 14.8 Å². The number of aryl methyl sites for hydroxylation is 2. The SMILES string of the molecule is Cc1cc(C(F)(F)F)cc(N2C(=O)C[C@@H]3CN(Cc4nc5c(n4C)CN(C(=O)OC(C)(C)C)C5)c4c(C)cccc4N(C)C(=O)[C@H]32)n1. The van der Waals surface area contributed by atoms with Crippen molar-refractivity contribution < 1.29 is 32.3 Å². The molecule has 5 heterocycles. The highest BCUT2D eigenvalue weighted by Crippen LogP contribution is 2.42. The molecule has 0 unspecified atom stereocenters. The number of alkyl halides is 3. The fraction of sp³-hybridized carbons (Fsp3) is 0.485. The number of fused-ring (bicyclic) bond motifs is 3. The quantitative estimate of drug-likeness (QED) is 0.387. The summed E-state index contributed by atoms with van der Waals surface area (Å²) in [7, 11) is 3.51. The lowest BCUT2D eigenvalue weighted by Gasteiger charge is -2.39. The van der Waals surface area contributed by atoms with Crippen molar-refractivity contribution >= 4 is 35.1 Å². The molecule has 0 radical (unpaired) electrons. The molecule has 11 nitrogen and oxygen atoms in total. The number of imidazole rings is 1. The van der Waals surface area contributed by atoms with E-state index >= 15 is 0 Å². The number of hydrogen-bond donors (Lipinski definition) is 0. The van der Waals surface area contributed by atoms with Crippen molar-refractivity contribution in [2.24, 2.45) is 13.0 Å². The molecule has 0 N–H and O–H groups in total. The maximum atomic E-state index is 14.1. The van der Waals surface area contributed by atoms with Gasteiger partial charge in [0.15, 0.2) is 0 Å². The third kappa shape index (κ3) is 5.89. The van der Waals surface area contributed by atoms with Gasteiger partial charge in [-0.2, -0.15) is 13.2 Å². The Balaban J connectivity index is 1.35. The maximum Gasteiger partial charge on any atom is 0.416 e. The summed E-state index contributed by atoms with van der Waals surface area (Å²) in [5.41, 5.74) is 2.52. The van der Waals surface area contributed by atoms with E-state index in [-0.39, 0.29) is 24.5 Å². The number of rotatable bonds is 3. The van der Waals surface area contributed by atoms with Crippen molar-refractivity contribution in [3.8, 4) is 0 Å². The van der Waals surface area contributed by atoms with Crippen molar-refractivity contribution in [3.63, 3.8) is 0 Å². The number of aromatic nitrogens is 3. The van der Waals surface area contributed by atoms with Crippen LogP contribution in [0.2, 0.25) is 0 Å². The lowest BCUT2D eigenvalue weighted by Crippen LogP contribution is -2.52. The Kier molecular flexibility index (Phi) is 7.75. The van der Waals surface area contributed by atoms with Crippen LogP contribution in [0.5, 0.6) is 0 Å². The zero-order chi connectivity index (χ0) is 34.2. The summed E-state index contributed by atoms with van der Waals surface area (Å²) in [4.78, 5) is 55.9. The van der Waals surface area contributed by atoms with E-state index in [9.17, 15) is 27.6 Å². The zero-order valence-electron chi connectivity index (χ0n) is 27.5. The van der Waals surface area contributed by atoms with E-state index in [0.29, 0.717) is 25.3 Å². The Labute approximate surface area is 270 Å². The van der Waals surface area contributed by atoms with Gasteiger partial charge in [-0.1, -0.05) is 12.1 Å². The first-order valence-corrected chi connectivity index (χ1v) is 15.4. The number of carbonyl (C=O) groups excluding carboxylic acids is 3. The topological polar surface area (TPSA) is 104 Å². The molecule has 1 aromatic carbocycles. The molecule has 1 saturated heterocycles. The molecular weight excluding hydrogens is 615 g/mol. The average Bonchev–Trinajstić information content (AvgIpc) is 3.61. The Morgan fingerprint density at radius 3 is 2.43 bits per heavy atom. The van der Waals surface area contributed by atoms with Crippen LogP contribution in [0.3, 0.4) is 0 Å². The van der Waals surface area contributed by atoms with Crippen LogP contribution < -0.4 is 14.7 Å². The van der Waals surface area contributed by atoms with Gasteiger partial charge in [0.25, 0.3) is 0 Å². The van der Waals surface area contributed by atoms with Crippen LogP contribution in [-0.4, -0.2) is 62.6 Å². The summed E-state index contributed by atoms with van der Waals surface area (Å²) in [5, 5.41) is 0. The average molecular weight is 654 g/mol. The maximum absolute atomic E-state index is 14.1. The van der Waals surface area contributed by atoms with Crippen LogP contribution in [0, 0.1) is 19.8 Å².